The molecule has 3 heterocycles. The molecule has 7 heteroatoms. The van der Waals surface area contributed by atoms with Crippen LogP contribution in [0.1, 0.15) is 18.5 Å². The van der Waals surface area contributed by atoms with Crippen molar-refractivity contribution in [2.45, 2.75) is 13.0 Å². The number of hydrogen-bond donors (Lipinski definition) is 1. The fraction of sp³-hybridized carbons (Fsp3) is 0.241. The highest BCUT2D eigenvalue weighted by molar-refractivity contribution is 7.16. The molecule has 0 bridgehead atoms. The maximum absolute atomic E-state index is 15.4. The van der Waals surface area contributed by atoms with Crippen molar-refractivity contribution in [2.24, 2.45) is 0 Å². The third-order valence-corrected chi connectivity index (χ3v) is 8.03. The van der Waals surface area contributed by atoms with E-state index in [-0.39, 0.29) is 11.9 Å². The molecule has 0 amide bonds. The van der Waals surface area contributed by atoms with Gasteiger partial charge in [0.15, 0.2) is 0 Å². The molecule has 1 atom stereocenters. The van der Waals surface area contributed by atoms with Crippen molar-refractivity contribution in [1.29, 1.82) is 0 Å². The molecule has 1 aliphatic rings. The van der Waals surface area contributed by atoms with Gasteiger partial charge in [0.1, 0.15) is 5.82 Å². The van der Waals surface area contributed by atoms with Crippen LogP contribution in [0.5, 0.6) is 0 Å². The molecule has 6 rings (SSSR count). The van der Waals surface area contributed by atoms with Gasteiger partial charge < -0.3 is 10.2 Å². The van der Waals surface area contributed by atoms with Gasteiger partial charge >= 0.3 is 0 Å². The van der Waals surface area contributed by atoms with E-state index in [9.17, 15) is 0 Å². The largest absolute Gasteiger partial charge is 0.355 e. The minimum absolute atomic E-state index is 0.189. The van der Waals surface area contributed by atoms with Gasteiger partial charge in [-0.05, 0) is 67.6 Å². The zero-order valence-corrected chi connectivity index (χ0v) is 21.2. The molecule has 3 aromatic carbocycles. The Balaban J connectivity index is 1.30. The van der Waals surface area contributed by atoms with Gasteiger partial charge in [-0.25, -0.2) is 9.37 Å². The van der Waals surface area contributed by atoms with Crippen LogP contribution in [0.3, 0.4) is 0 Å². The van der Waals surface area contributed by atoms with Gasteiger partial charge in [0, 0.05) is 60.7 Å². The number of benzene rings is 3. The summed E-state index contributed by atoms with van der Waals surface area (Å²) in [6.45, 7) is 6.27. The summed E-state index contributed by atoms with van der Waals surface area (Å²) < 4.78 is 16.6. The maximum atomic E-state index is 15.4. The van der Waals surface area contributed by atoms with Crippen LogP contribution in [0.2, 0.25) is 0 Å². The van der Waals surface area contributed by atoms with Crippen LogP contribution in [-0.2, 0) is 0 Å². The lowest BCUT2D eigenvalue weighted by Gasteiger charge is -2.36. The van der Waals surface area contributed by atoms with E-state index in [2.05, 4.69) is 57.3 Å². The summed E-state index contributed by atoms with van der Waals surface area (Å²) in [7, 11) is 2.15. The Morgan fingerprint density at radius 3 is 2.61 bits per heavy atom. The number of pyridine rings is 1. The van der Waals surface area contributed by atoms with E-state index in [1.165, 1.54) is 0 Å². The van der Waals surface area contributed by atoms with Gasteiger partial charge in [-0.3, -0.25) is 9.88 Å². The first-order valence-electron chi connectivity index (χ1n) is 12.3. The van der Waals surface area contributed by atoms with Crippen molar-refractivity contribution >= 4 is 43.8 Å². The van der Waals surface area contributed by atoms with Crippen LogP contribution in [0.25, 0.3) is 32.2 Å². The predicted octanol–water partition coefficient (Wildman–Crippen LogP) is 6.70. The number of thiazole rings is 1. The number of piperazine rings is 1. The molecule has 182 valence electrons. The van der Waals surface area contributed by atoms with Crippen molar-refractivity contribution in [1.82, 2.24) is 19.8 Å². The molecule has 2 aromatic heterocycles. The van der Waals surface area contributed by atoms with Gasteiger partial charge in [0.2, 0.25) is 0 Å². The molecule has 0 radical (unpaired) electrons. The Kier molecular flexibility index (Phi) is 6.13. The van der Waals surface area contributed by atoms with Crippen LogP contribution >= 0.6 is 11.3 Å². The predicted molar refractivity (Wildman–Crippen MR) is 148 cm³/mol. The van der Waals surface area contributed by atoms with Crippen molar-refractivity contribution in [3.8, 4) is 11.1 Å². The summed E-state index contributed by atoms with van der Waals surface area (Å²) >= 11 is 1.63. The Morgan fingerprint density at radius 2 is 1.78 bits per heavy atom. The molecule has 1 unspecified atom stereocenters. The third kappa shape index (κ3) is 4.46. The maximum Gasteiger partial charge on any atom is 0.131 e. The Hall–Kier alpha value is -3.39. The van der Waals surface area contributed by atoms with Gasteiger partial charge in [-0.15, -0.1) is 11.3 Å². The number of likely N-dealkylation sites (N-methyl/N-ethyl adjacent to an activating group) is 1. The number of fused-ring (bicyclic) bond motifs is 2. The monoisotopic (exact) mass is 497 g/mol. The molecule has 0 saturated carbocycles. The number of rotatable bonds is 5. The number of aromatic nitrogens is 2. The summed E-state index contributed by atoms with van der Waals surface area (Å²) in [6.07, 6.45) is 1.79. The normalized spacial score (nSPS) is 16.0. The van der Waals surface area contributed by atoms with Crippen LogP contribution in [0.15, 0.2) is 72.4 Å². The van der Waals surface area contributed by atoms with Crippen LogP contribution in [0, 0.1) is 5.82 Å². The van der Waals surface area contributed by atoms with E-state index < -0.39 is 0 Å². The lowest BCUT2D eigenvalue weighted by atomic mass is 9.98. The highest BCUT2D eigenvalue weighted by Crippen LogP contribution is 2.33. The van der Waals surface area contributed by atoms with Crippen LogP contribution in [0.4, 0.5) is 15.8 Å². The lowest BCUT2D eigenvalue weighted by molar-refractivity contribution is 0.119. The number of halogens is 1. The first-order chi connectivity index (χ1) is 17.5. The van der Waals surface area contributed by atoms with Crippen LogP contribution < -0.4 is 5.32 Å². The average molecular weight is 498 g/mol. The number of nitrogens with zero attached hydrogens (tertiary/aromatic N) is 4. The molecule has 1 saturated heterocycles. The number of nitrogens with one attached hydrogen (secondary N) is 1. The van der Waals surface area contributed by atoms with E-state index in [0.29, 0.717) is 5.56 Å². The summed E-state index contributed by atoms with van der Waals surface area (Å²) in [5.74, 6) is -0.194. The first-order valence-corrected chi connectivity index (χ1v) is 13.1. The SMILES string of the molecule is CC(c1ccc(-c2ccc3nccc(Nc4ccc5scnc5c4)c3c2)c(F)c1)N1CCN(C)CC1. The van der Waals surface area contributed by atoms with Crippen molar-refractivity contribution < 1.29 is 4.39 Å². The van der Waals surface area contributed by atoms with E-state index >= 15 is 4.39 Å². The molecule has 5 aromatic rings. The van der Waals surface area contributed by atoms with Gasteiger partial charge in [-0.2, -0.15) is 0 Å². The molecule has 1 N–H and O–H groups in total. The van der Waals surface area contributed by atoms with Crippen molar-refractivity contribution in [3.05, 3.63) is 83.8 Å². The van der Waals surface area contributed by atoms with Crippen LogP contribution in [-0.4, -0.2) is 53.0 Å². The topological polar surface area (TPSA) is 44.3 Å². The summed E-state index contributed by atoms with van der Waals surface area (Å²) in [4.78, 5) is 13.7. The van der Waals surface area contributed by atoms with E-state index in [0.717, 1.165) is 69.8 Å². The smallest absolute Gasteiger partial charge is 0.131 e. The lowest BCUT2D eigenvalue weighted by Crippen LogP contribution is -2.45. The summed E-state index contributed by atoms with van der Waals surface area (Å²) in [5, 5.41) is 4.45. The molecule has 1 aliphatic heterocycles. The second kappa shape index (κ2) is 9.58. The first kappa shape index (κ1) is 23.0. The Morgan fingerprint density at radius 1 is 0.917 bits per heavy atom. The number of anilines is 2. The fourth-order valence-electron chi connectivity index (χ4n) is 4.96. The summed E-state index contributed by atoms with van der Waals surface area (Å²) in [5.41, 5.74) is 8.03. The van der Waals surface area contributed by atoms with Crippen molar-refractivity contribution in [2.75, 3.05) is 38.5 Å². The van der Waals surface area contributed by atoms with Crippen molar-refractivity contribution in [3.63, 3.8) is 0 Å². The molecule has 0 aliphatic carbocycles. The Labute approximate surface area is 214 Å². The van der Waals surface area contributed by atoms with E-state index in [1.807, 2.05) is 41.9 Å². The van der Waals surface area contributed by atoms with E-state index in [4.69, 9.17) is 0 Å². The highest BCUT2D eigenvalue weighted by atomic mass is 32.1. The third-order valence-electron chi connectivity index (χ3n) is 7.22. The van der Waals surface area contributed by atoms with Gasteiger partial charge in [0.25, 0.3) is 0 Å². The molecular formula is C29H28FN5S. The molecule has 36 heavy (non-hydrogen) atoms. The Bertz CT molecular complexity index is 1540. The zero-order valence-electron chi connectivity index (χ0n) is 20.4. The standard InChI is InChI=1S/C29H28FN5S/c1-19(35-13-11-34(2)12-14-35)20-3-6-23(25(30)16-20)21-4-7-26-24(15-21)27(9-10-31-26)33-22-5-8-29-28(17-22)32-18-36-29/h3-10,15-19H,11-14H2,1-2H3,(H,31,33). The zero-order chi connectivity index (χ0) is 24.6. The molecule has 5 nitrogen and oxygen atoms in total. The van der Waals surface area contributed by atoms with Gasteiger partial charge in [0.05, 0.1) is 21.2 Å². The minimum Gasteiger partial charge on any atom is -0.355 e. The molecule has 0 spiro atoms. The summed E-state index contributed by atoms with van der Waals surface area (Å²) in [6, 6.07) is 19.9. The minimum atomic E-state index is -0.194. The highest BCUT2D eigenvalue weighted by Gasteiger charge is 2.21. The molecular weight excluding hydrogens is 469 g/mol. The second-order valence-electron chi connectivity index (χ2n) is 9.50. The van der Waals surface area contributed by atoms with E-state index in [1.54, 1.807) is 23.6 Å². The quantitative estimate of drug-likeness (QED) is 0.293. The average Bonchev–Trinajstić information content (AvgIpc) is 3.37. The number of hydrogen-bond acceptors (Lipinski definition) is 6. The second-order valence-corrected chi connectivity index (χ2v) is 10.4. The molecule has 1 fully saturated rings. The van der Waals surface area contributed by atoms with Gasteiger partial charge in [-0.1, -0.05) is 18.2 Å². The fourth-order valence-corrected chi connectivity index (χ4v) is 5.62.